The molecule has 3 heteroatoms. The number of hydrogen-bond acceptors (Lipinski definition) is 3. The quantitative estimate of drug-likeness (QED) is 0.822. The standard InChI is InChI=1S/C16H33N3/c1-16(2,13-19-11-9-17-10-12-19)15(18(3)4)14-7-5-6-8-14/h14-15,17H,5-13H2,1-4H3. The van der Waals surface area contributed by atoms with E-state index in [-0.39, 0.29) is 0 Å². The molecule has 1 atom stereocenters. The van der Waals surface area contributed by atoms with Crippen molar-refractivity contribution in [3.63, 3.8) is 0 Å². The van der Waals surface area contributed by atoms with Gasteiger partial charge in [0.25, 0.3) is 0 Å². The molecule has 0 aromatic carbocycles. The fraction of sp³-hybridized carbons (Fsp3) is 1.00. The Morgan fingerprint density at radius 3 is 2.26 bits per heavy atom. The number of piperazine rings is 1. The van der Waals surface area contributed by atoms with Crippen molar-refractivity contribution in [1.82, 2.24) is 15.1 Å². The second-order valence-corrected chi connectivity index (χ2v) is 7.47. The van der Waals surface area contributed by atoms with Gasteiger partial charge in [-0.2, -0.15) is 0 Å². The van der Waals surface area contributed by atoms with Crippen molar-refractivity contribution in [1.29, 1.82) is 0 Å². The maximum atomic E-state index is 3.46. The third kappa shape index (κ3) is 3.93. The van der Waals surface area contributed by atoms with E-state index >= 15 is 0 Å². The maximum Gasteiger partial charge on any atom is 0.0181 e. The van der Waals surface area contributed by atoms with Crippen molar-refractivity contribution >= 4 is 0 Å². The lowest BCUT2D eigenvalue weighted by atomic mass is 9.75. The molecule has 0 amide bonds. The highest BCUT2D eigenvalue weighted by Gasteiger charge is 2.39. The Hall–Kier alpha value is -0.120. The van der Waals surface area contributed by atoms with E-state index in [0.717, 1.165) is 25.0 Å². The highest BCUT2D eigenvalue weighted by Crippen LogP contribution is 2.38. The summed E-state index contributed by atoms with van der Waals surface area (Å²) in [7, 11) is 4.56. The minimum absolute atomic E-state index is 0.385. The maximum absolute atomic E-state index is 3.46. The predicted molar refractivity (Wildman–Crippen MR) is 82.5 cm³/mol. The van der Waals surface area contributed by atoms with Gasteiger partial charge in [-0.15, -0.1) is 0 Å². The third-order valence-electron chi connectivity index (χ3n) is 5.04. The van der Waals surface area contributed by atoms with Gasteiger partial charge in [0, 0.05) is 38.8 Å². The Morgan fingerprint density at radius 2 is 1.74 bits per heavy atom. The Morgan fingerprint density at radius 1 is 1.16 bits per heavy atom. The van der Waals surface area contributed by atoms with Crippen LogP contribution >= 0.6 is 0 Å². The molecule has 1 saturated heterocycles. The van der Waals surface area contributed by atoms with Crippen LogP contribution < -0.4 is 5.32 Å². The van der Waals surface area contributed by atoms with Crippen LogP contribution in [0.1, 0.15) is 39.5 Å². The molecule has 0 bridgehead atoms. The minimum atomic E-state index is 0.385. The lowest BCUT2D eigenvalue weighted by Crippen LogP contribution is -2.54. The van der Waals surface area contributed by atoms with Gasteiger partial charge in [0.05, 0.1) is 0 Å². The van der Waals surface area contributed by atoms with Crippen LogP contribution in [0.5, 0.6) is 0 Å². The summed E-state index contributed by atoms with van der Waals surface area (Å²) >= 11 is 0. The van der Waals surface area contributed by atoms with Gasteiger partial charge in [0.15, 0.2) is 0 Å². The second kappa shape index (κ2) is 6.55. The number of rotatable bonds is 5. The summed E-state index contributed by atoms with van der Waals surface area (Å²) in [4.78, 5) is 5.15. The predicted octanol–water partition coefficient (Wildman–Crippen LogP) is 2.04. The van der Waals surface area contributed by atoms with Crippen molar-refractivity contribution in [3.8, 4) is 0 Å². The van der Waals surface area contributed by atoms with Crippen LogP contribution in [0.25, 0.3) is 0 Å². The van der Waals surface area contributed by atoms with Crippen LogP contribution in [0.4, 0.5) is 0 Å². The van der Waals surface area contributed by atoms with Gasteiger partial charge >= 0.3 is 0 Å². The molecule has 1 unspecified atom stereocenters. The third-order valence-corrected chi connectivity index (χ3v) is 5.04. The van der Waals surface area contributed by atoms with E-state index in [1.54, 1.807) is 0 Å². The zero-order valence-corrected chi connectivity index (χ0v) is 13.4. The van der Waals surface area contributed by atoms with E-state index < -0.39 is 0 Å². The van der Waals surface area contributed by atoms with Gasteiger partial charge in [-0.3, -0.25) is 0 Å². The van der Waals surface area contributed by atoms with Gasteiger partial charge in [-0.25, -0.2) is 0 Å². The Balaban J connectivity index is 2.00. The topological polar surface area (TPSA) is 18.5 Å². The largest absolute Gasteiger partial charge is 0.314 e. The lowest BCUT2D eigenvalue weighted by molar-refractivity contribution is 0.0427. The van der Waals surface area contributed by atoms with Crippen molar-refractivity contribution < 1.29 is 0 Å². The van der Waals surface area contributed by atoms with Gasteiger partial charge in [0.2, 0.25) is 0 Å². The summed E-state index contributed by atoms with van der Waals surface area (Å²) in [5, 5.41) is 3.46. The average Bonchev–Trinajstić information content (AvgIpc) is 2.82. The molecule has 112 valence electrons. The SMILES string of the molecule is CN(C)C(C1CCCC1)C(C)(C)CN1CCNCC1. The number of nitrogens with zero attached hydrogens (tertiary/aromatic N) is 2. The van der Waals surface area contributed by atoms with Crippen LogP contribution in [-0.2, 0) is 0 Å². The zero-order valence-electron chi connectivity index (χ0n) is 13.4. The van der Waals surface area contributed by atoms with Gasteiger partial charge in [0.1, 0.15) is 0 Å². The van der Waals surface area contributed by atoms with Crippen LogP contribution in [-0.4, -0.2) is 62.7 Å². The van der Waals surface area contributed by atoms with Crippen molar-refractivity contribution in [2.45, 2.75) is 45.6 Å². The first kappa shape index (κ1) is 15.3. The molecule has 2 aliphatic rings. The number of nitrogens with one attached hydrogen (secondary N) is 1. The van der Waals surface area contributed by atoms with E-state index in [2.05, 4.69) is 43.1 Å². The van der Waals surface area contributed by atoms with Crippen LogP contribution in [0.2, 0.25) is 0 Å². The molecule has 2 fully saturated rings. The molecule has 1 aliphatic carbocycles. The van der Waals surface area contributed by atoms with Gasteiger partial charge in [-0.1, -0.05) is 26.7 Å². The van der Waals surface area contributed by atoms with Crippen LogP contribution in [0.15, 0.2) is 0 Å². The van der Waals surface area contributed by atoms with E-state index in [0.29, 0.717) is 5.41 Å². The van der Waals surface area contributed by atoms with E-state index in [4.69, 9.17) is 0 Å². The first-order valence-corrected chi connectivity index (χ1v) is 8.10. The van der Waals surface area contributed by atoms with E-state index in [9.17, 15) is 0 Å². The molecule has 0 spiro atoms. The Bertz CT molecular complexity index is 263. The van der Waals surface area contributed by atoms with Gasteiger partial charge in [-0.05, 0) is 38.3 Å². The molecule has 0 aromatic heterocycles. The summed E-state index contributed by atoms with van der Waals surface area (Å²) in [5.74, 6) is 0.910. The molecular formula is C16H33N3. The van der Waals surface area contributed by atoms with Crippen LogP contribution in [0, 0.1) is 11.3 Å². The Labute approximate surface area is 119 Å². The second-order valence-electron chi connectivity index (χ2n) is 7.47. The minimum Gasteiger partial charge on any atom is -0.314 e. The molecule has 3 nitrogen and oxygen atoms in total. The van der Waals surface area contributed by atoms with Gasteiger partial charge < -0.3 is 15.1 Å². The molecule has 0 aromatic rings. The summed E-state index contributed by atoms with van der Waals surface area (Å²) in [5.41, 5.74) is 0.385. The molecular weight excluding hydrogens is 234 g/mol. The van der Waals surface area contributed by atoms with E-state index in [1.165, 1.54) is 45.3 Å². The molecule has 1 aliphatic heterocycles. The average molecular weight is 267 g/mol. The summed E-state index contributed by atoms with van der Waals surface area (Å²) in [6, 6.07) is 0.727. The molecule has 1 saturated carbocycles. The van der Waals surface area contributed by atoms with Crippen LogP contribution in [0.3, 0.4) is 0 Å². The summed E-state index contributed by atoms with van der Waals surface area (Å²) < 4.78 is 0. The normalized spacial score (nSPS) is 25.1. The molecule has 1 heterocycles. The highest BCUT2D eigenvalue weighted by atomic mass is 15.2. The molecule has 0 radical (unpaired) electrons. The Kier molecular flexibility index (Phi) is 5.27. The molecule has 19 heavy (non-hydrogen) atoms. The lowest BCUT2D eigenvalue weighted by Gasteiger charge is -2.45. The van der Waals surface area contributed by atoms with Crippen molar-refractivity contribution in [2.75, 3.05) is 46.8 Å². The van der Waals surface area contributed by atoms with Crippen molar-refractivity contribution in [2.24, 2.45) is 11.3 Å². The molecule has 1 N–H and O–H groups in total. The van der Waals surface area contributed by atoms with Crippen molar-refractivity contribution in [3.05, 3.63) is 0 Å². The monoisotopic (exact) mass is 267 g/mol. The summed E-state index contributed by atoms with van der Waals surface area (Å²) in [6.45, 7) is 11.0. The fourth-order valence-electron chi connectivity index (χ4n) is 4.57. The molecule has 2 rings (SSSR count). The summed E-state index contributed by atoms with van der Waals surface area (Å²) in [6.07, 6.45) is 5.76. The first-order chi connectivity index (χ1) is 9.00. The highest BCUT2D eigenvalue weighted by molar-refractivity contribution is 4.93. The fourth-order valence-corrected chi connectivity index (χ4v) is 4.57. The first-order valence-electron chi connectivity index (χ1n) is 8.10. The smallest absolute Gasteiger partial charge is 0.0181 e. The zero-order chi connectivity index (χ0) is 13.9. The number of hydrogen-bond donors (Lipinski definition) is 1. The van der Waals surface area contributed by atoms with E-state index in [1.807, 2.05) is 0 Å².